The molecule has 1 amide bonds. The molecule has 0 bridgehead atoms. The number of hydrogen-bond acceptors (Lipinski definition) is 8. The molecule has 3 aromatic heterocycles. The van der Waals surface area contributed by atoms with Gasteiger partial charge in [-0.1, -0.05) is 31.7 Å². The van der Waals surface area contributed by atoms with E-state index >= 15 is 0 Å². The van der Waals surface area contributed by atoms with Gasteiger partial charge in [-0.3, -0.25) is 15.0 Å². The van der Waals surface area contributed by atoms with Crippen LogP contribution in [0.1, 0.15) is 19.4 Å². The van der Waals surface area contributed by atoms with Gasteiger partial charge in [-0.15, -0.1) is 5.10 Å². The second kappa shape index (κ2) is 8.15. The monoisotopic (exact) mass is 452 g/mol. The first-order valence-electron chi connectivity index (χ1n) is 10.1. The lowest BCUT2D eigenvalue weighted by atomic mass is 10.2. The molecular weight excluding hydrogens is 432 g/mol. The molecule has 1 aromatic carbocycles. The smallest absolute Gasteiger partial charge is 0.280 e. The van der Waals surface area contributed by atoms with Crippen molar-refractivity contribution in [1.29, 1.82) is 0 Å². The van der Waals surface area contributed by atoms with Crippen LogP contribution in [0.5, 0.6) is 11.5 Å². The molecule has 164 valence electrons. The van der Waals surface area contributed by atoms with Crippen molar-refractivity contribution in [3.8, 4) is 11.5 Å². The normalized spacial score (nSPS) is 13.1. The summed E-state index contributed by atoms with van der Waals surface area (Å²) in [5, 5.41) is 5.39. The minimum absolute atomic E-state index is 0.248. The van der Waals surface area contributed by atoms with E-state index in [1.165, 1.54) is 28.7 Å². The van der Waals surface area contributed by atoms with E-state index < -0.39 is 0 Å². The van der Waals surface area contributed by atoms with Gasteiger partial charge in [-0.2, -0.15) is 9.50 Å². The van der Waals surface area contributed by atoms with Gasteiger partial charge in [0.2, 0.25) is 11.1 Å². The Labute approximate surface area is 186 Å². The molecule has 0 radical (unpaired) electrons. The molecule has 0 fully saturated rings. The highest BCUT2D eigenvalue weighted by atomic mass is 32.2. The topological polar surface area (TPSA) is 113 Å². The maximum atomic E-state index is 12.8. The average molecular weight is 452 g/mol. The molecule has 0 saturated heterocycles. The average Bonchev–Trinajstić information content (AvgIpc) is 3.22. The van der Waals surface area contributed by atoms with Crippen LogP contribution in [0, 0.1) is 5.92 Å². The molecule has 0 atom stereocenters. The van der Waals surface area contributed by atoms with Crippen LogP contribution < -0.4 is 20.5 Å². The summed E-state index contributed by atoms with van der Waals surface area (Å²) in [4.78, 5) is 33.5. The van der Waals surface area contributed by atoms with Crippen LogP contribution in [-0.2, 0) is 10.5 Å². The Kier molecular flexibility index (Phi) is 5.17. The second-order valence-electron chi connectivity index (χ2n) is 7.55. The van der Waals surface area contributed by atoms with Gasteiger partial charge in [0.15, 0.2) is 11.5 Å². The zero-order valence-electron chi connectivity index (χ0n) is 17.4. The van der Waals surface area contributed by atoms with Crippen LogP contribution in [-0.4, -0.2) is 43.4 Å². The molecule has 0 spiro atoms. The lowest BCUT2D eigenvalue weighted by Gasteiger charge is -2.18. The molecule has 1 aliphatic rings. The first kappa shape index (κ1) is 20.3. The summed E-state index contributed by atoms with van der Waals surface area (Å²) in [5.41, 5.74) is 3.82. The van der Waals surface area contributed by atoms with E-state index in [9.17, 15) is 9.59 Å². The number of nitrogens with zero attached hydrogens (tertiary/aromatic N) is 5. The van der Waals surface area contributed by atoms with Gasteiger partial charge in [-0.25, -0.2) is 9.66 Å². The number of pyridine rings is 1. The number of fused-ring (bicyclic) bond motifs is 4. The SMILES string of the molecule is CC(C)C(=O)Nn1ccc2c(cnc3nc(SCc4ccc5c(c4)OCCO5)nn32)c1=O. The third-order valence-corrected chi connectivity index (χ3v) is 5.85. The highest BCUT2D eigenvalue weighted by Crippen LogP contribution is 2.32. The molecule has 32 heavy (non-hydrogen) atoms. The molecule has 0 unspecified atom stereocenters. The Bertz CT molecular complexity index is 1400. The van der Waals surface area contributed by atoms with Gasteiger partial charge in [-0.05, 0) is 23.8 Å². The summed E-state index contributed by atoms with van der Waals surface area (Å²) in [6.07, 6.45) is 2.96. The number of carbonyl (C=O) groups excluding carboxylic acids is 1. The third-order valence-electron chi connectivity index (χ3n) is 4.94. The molecule has 1 aliphatic heterocycles. The summed E-state index contributed by atoms with van der Waals surface area (Å²) in [6, 6.07) is 7.55. The molecular formula is C21H20N6O4S. The Balaban J connectivity index is 1.41. The summed E-state index contributed by atoms with van der Waals surface area (Å²) in [6.45, 7) is 4.61. The van der Waals surface area contributed by atoms with Crippen LogP contribution in [0.4, 0.5) is 0 Å². The van der Waals surface area contributed by atoms with Gasteiger partial charge in [0.05, 0.1) is 10.9 Å². The number of amides is 1. The van der Waals surface area contributed by atoms with E-state index in [-0.39, 0.29) is 17.4 Å². The number of carbonyl (C=O) groups is 1. The summed E-state index contributed by atoms with van der Waals surface area (Å²) in [7, 11) is 0. The fourth-order valence-electron chi connectivity index (χ4n) is 3.22. The molecule has 0 saturated carbocycles. The van der Waals surface area contributed by atoms with Crippen LogP contribution >= 0.6 is 11.8 Å². The Hall–Kier alpha value is -3.60. The number of thioether (sulfide) groups is 1. The maximum Gasteiger partial charge on any atom is 0.280 e. The molecule has 11 heteroatoms. The lowest BCUT2D eigenvalue weighted by molar-refractivity contribution is -0.119. The molecule has 0 aliphatic carbocycles. The molecule has 4 aromatic rings. The first-order chi connectivity index (χ1) is 15.5. The van der Waals surface area contributed by atoms with Gasteiger partial charge >= 0.3 is 0 Å². The maximum absolute atomic E-state index is 12.8. The highest BCUT2D eigenvalue weighted by molar-refractivity contribution is 7.98. The Morgan fingerprint density at radius 1 is 1.22 bits per heavy atom. The lowest BCUT2D eigenvalue weighted by Crippen LogP contribution is -2.35. The van der Waals surface area contributed by atoms with Crippen molar-refractivity contribution in [3.63, 3.8) is 0 Å². The Morgan fingerprint density at radius 3 is 2.84 bits per heavy atom. The van der Waals surface area contributed by atoms with Crippen LogP contribution in [0.3, 0.4) is 0 Å². The van der Waals surface area contributed by atoms with Crippen LogP contribution in [0.15, 0.2) is 46.6 Å². The quantitative estimate of drug-likeness (QED) is 0.459. The number of rotatable bonds is 5. The van der Waals surface area contributed by atoms with Crippen molar-refractivity contribution >= 4 is 34.3 Å². The van der Waals surface area contributed by atoms with Gasteiger partial charge in [0.25, 0.3) is 11.3 Å². The van der Waals surface area contributed by atoms with Gasteiger partial charge in [0.1, 0.15) is 13.2 Å². The Morgan fingerprint density at radius 2 is 2.03 bits per heavy atom. The van der Waals surface area contributed by atoms with Crippen LogP contribution in [0.2, 0.25) is 0 Å². The number of ether oxygens (including phenoxy) is 2. The van der Waals surface area contributed by atoms with Gasteiger partial charge < -0.3 is 9.47 Å². The van der Waals surface area contributed by atoms with E-state index in [1.807, 2.05) is 18.2 Å². The predicted octanol–water partition coefficient (Wildman–Crippen LogP) is 2.23. The summed E-state index contributed by atoms with van der Waals surface area (Å²) in [5.74, 6) is 2.03. The molecule has 5 rings (SSSR count). The number of benzene rings is 1. The van der Waals surface area contributed by atoms with E-state index in [0.29, 0.717) is 40.8 Å². The fraction of sp³-hybridized carbons (Fsp3) is 0.286. The van der Waals surface area contributed by atoms with E-state index in [4.69, 9.17) is 9.47 Å². The first-order valence-corrected chi connectivity index (χ1v) is 11.1. The molecule has 1 N–H and O–H groups in total. The standard InChI is InChI=1S/C21H20N6O4S/c1-12(2)18(28)24-26-6-5-15-14(19(26)29)10-22-20-23-21(25-27(15)20)32-11-13-3-4-16-17(9-13)31-8-7-30-16/h3-6,9-10,12H,7-8,11H2,1-2H3,(H,24,28). The van der Waals surface area contributed by atoms with E-state index in [1.54, 1.807) is 19.9 Å². The zero-order chi connectivity index (χ0) is 22.2. The zero-order valence-corrected chi connectivity index (χ0v) is 18.3. The number of nitrogens with one attached hydrogen (secondary N) is 1. The van der Waals surface area contributed by atoms with Gasteiger partial charge in [0, 0.05) is 24.1 Å². The summed E-state index contributed by atoms with van der Waals surface area (Å²) < 4.78 is 13.9. The highest BCUT2D eigenvalue weighted by Gasteiger charge is 2.15. The largest absolute Gasteiger partial charge is 0.486 e. The van der Waals surface area contributed by atoms with Crippen molar-refractivity contribution in [1.82, 2.24) is 24.3 Å². The second-order valence-corrected chi connectivity index (χ2v) is 8.49. The molecule has 10 nitrogen and oxygen atoms in total. The number of aromatic nitrogens is 5. The van der Waals surface area contributed by atoms with E-state index in [2.05, 4.69) is 20.5 Å². The van der Waals surface area contributed by atoms with Crippen molar-refractivity contribution < 1.29 is 14.3 Å². The van der Waals surface area contributed by atoms with E-state index in [0.717, 1.165) is 21.7 Å². The minimum Gasteiger partial charge on any atom is -0.486 e. The van der Waals surface area contributed by atoms with Crippen LogP contribution in [0.25, 0.3) is 16.7 Å². The minimum atomic E-state index is -0.383. The third kappa shape index (κ3) is 3.75. The molecule has 4 heterocycles. The predicted molar refractivity (Wildman–Crippen MR) is 119 cm³/mol. The van der Waals surface area contributed by atoms with Crippen molar-refractivity contribution in [2.75, 3.05) is 18.6 Å². The van der Waals surface area contributed by atoms with Crippen molar-refractivity contribution in [2.24, 2.45) is 5.92 Å². The van der Waals surface area contributed by atoms with Crippen molar-refractivity contribution in [3.05, 3.63) is 52.6 Å². The van der Waals surface area contributed by atoms with Crippen molar-refractivity contribution in [2.45, 2.75) is 24.8 Å². The number of hydrogen-bond donors (Lipinski definition) is 1. The summed E-state index contributed by atoms with van der Waals surface area (Å²) >= 11 is 1.46. The fourth-order valence-corrected chi connectivity index (χ4v) is 3.98.